The highest BCUT2D eigenvalue weighted by Gasteiger charge is 2.32. The largest absolute Gasteiger partial charge is 0.449 e. The third-order valence-corrected chi connectivity index (χ3v) is 6.82. The third-order valence-electron chi connectivity index (χ3n) is 6.82. The summed E-state index contributed by atoms with van der Waals surface area (Å²) in [7, 11) is 0. The monoisotopic (exact) mass is 602 g/mol. The van der Waals surface area contributed by atoms with Crippen molar-refractivity contribution in [2.75, 3.05) is 76.7 Å². The topological polar surface area (TPSA) is 114 Å². The van der Waals surface area contributed by atoms with E-state index in [4.69, 9.17) is 28.4 Å². The Morgan fingerprint density at radius 2 is 1.07 bits per heavy atom. The number of hydrogen-bond acceptors (Lipinski definition) is 8. The highest BCUT2D eigenvalue weighted by atomic mass is 16.6. The molecule has 0 bridgehead atoms. The summed E-state index contributed by atoms with van der Waals surface area (Å²) in [4.78, 5) is 25.5. The fourth-order valence-corrected chi connectivity index (χ4v) is 3.87. The molecular formula is C33H50N2O8. The van der Waals surface area contributed by atoms with Gasteiger partial charge in [-0.05, 0) is 37.5 Å². The van der Waals surface area contributed by atoms with Crippen molar-refractivity contribution in [2.45, 2.75) is 33.6 Å². The minimum atomic E-state index is -0.644. The van der Waals surface area contributed by atoms with Gasteiger partial charge in [-0.2, -0.15) is 0 Å². The molecule has 1 aromatic carbocycles. The van der Waals surface area contributed by atoms with Gasteiger partial charge in [-0.1, -0.05) is 44.2 Å². The molecular weight excluding hydrogens is 552 g/mol. The van der Waals surface area contributed by atoms with Crippen LogP contribution in [0.2, 0.25) is 0 Å². The molecule has 43 heavy (non-hydrogen) atoms. The summed E-state index contributed by atoms with van der Waals surface area (Å²) in [6.07, 6.45) is 6.69. The number of carbonyl (C=O) groups excluding carboxylic acids is 2. The standard InChI is InChI=1S/C33H50N2O8/c1-8-16-38-21-32(12-5,22-39-17-9-2)25-42-30(36)34-28-15-14-27(7)29(20-28)35-31(37)43-26-33(13-6,23-40-18-10-3)24-41-19-11-4/h8-11,14-15,20H,1-4,12-13,16-19,21-26H2,5-7H3,(H,34,36)(H,35,37). The second-order valence-corrected chi connectivity index (χ2v) is 10.4. The van der Waals surface area contributed by atoms with E-state index in [9.17, 15) is 9.59 Å². The first-order valence-electron chi connectivity index (χ1n) is 14.4. The molecule has 0 aliphatic rings. The predicted octanol–water partition coefficient (Wildman–Crippen LogP) is 6.70. The fourth-order valence-electron chi connectivity index (χ4n) is 3.87. The van der Waals surface area contributed by atoms with E-state index in [1.165, 1.54) is 0 Å². The molecule has 0 aliphatic carbocycles. The number of nitrogens with one attached hydrogen (secondary N) is 2. The molecule has 240 valence electrons. The lowest BCUT2D eigenvalue weighted by molar-refractivity contribution is -0.0445. The van der Waals surface area contributed by atoms with Crippen LogP contribution in [-0.4, -0.2) is 78.3 Å². The Morgan fingerprint density at radius 3 is 1.44 bits per heavy atom. The predicted molar refractivity (Wildman–Crippen MR) is 171 cm³/mol. The molecule has 0 aliphatic heterocycles. The van der Waals surface area contributed by atoms with Crippen LogP contribution in [0.1, 0.15) is 32.3 Å². The van der Waals surface area contributed by atoms with Crippen LogP contribution in [0.3, 0.4) is 0 Å². The van der Waals surface area contributed by atoms with Crippen LogP contribution < -0.4 is 10.6 Å². The number of rotatable bonds is 24. The smallest absolute Gasteiger partial charge is 0.411 e. The van der Waals surface area contributed by atoms with E-state index in [1.807, 2.05) is 20.8 Å². The number of hydrogen-bond donors (Lipinski definition) is 2. The molecule has 0 saturated carbocycles. The number of aryl methyl sites for hydroxylation is 1. The summed E-state index contributed by atoms with van der Waals surface area (Å²) < 4.78 is 33.9. The zero-order valence-corrected chi connectivity index (χ0v) is 26.1. The van der Waals surface area contributed by atoms with Crippen LogP contribution in [0.15, 0.2) is 68.8 Å². The van der Waals surface area contributed by atoms with Crippen molar-refractivity contribution in [3.8, 4) is 0 Å². The second-order valence-electron chi connectivity index (χ2n) is 10.4. The lowest BCUT2D eigenvalue weighted by atomic mass is 9.88. The summed E-state index contributed by atoms with van der Waals surface area (Å²) in [5, 5.41) is 5.48. The van der Waals surface area contributed by atoms with Gasteiger partial charge in [0.05, 0.1) is 63.7 Å². The van der Waals surface area contributed by atoms with Crippen LogP contribution in [-0.2, 0) is 28.4 Å². The summed E-state index contributed by atoms with van der Waals surface area (Å²) in [5.41, 5.74) is 0.637. The van der Waals surface area contributed by atoms with Crippen LogP contribution in [0.5, 0.6) is 0 Å². The van der Waals surface area contributed by atoms with Crippen molar-refractivity contribution < 1.29 is 38.0 Å². The maximum Gasteiger partial charge on any atom is 0.411 e. The number of carbonyl (C=O) groups is 2. The van der Waals surface area contributed by atoms with Crippen LogP contribution in [0.4, 0.5) is 21.0 Å². The first-order valence-corrected chi connectivity index (χ1v) is 14.4. The quantitative estimate of drug-likeness (QED) is 0.0993. The summed E-state index contributed by atoms with van der Waals surface area (Å²) in [5.74, 6) is 0. The second kappa shape index (κ2) is 21.3. The number of benzene rings is 1. The van der Waals surface area contributed by atoms with Crippen molar-refractivity contribution in [3.05, 3.63) is 74.4 Å². The SMILES string of the molecule is C=CCOCC(CC)(COCC=C)COC(=O)Nc1ccc(C)c(NC(=O)OCC(CC)(COCC=C)COCC=C)c1. The Hall–Kier alpha value is -3.44. The van der Waals surface area contributed by atoms with E-state index in [0.29, 0.717) is 77.1 Å². The Bertz CT molecular complexity index is 998. The molecule has 2 amide bonds. The van der Waals surface area contributed by atoms with E-state index in [-0.39, 0.29) is 13.2 Å². The molecule has 10 heteroatoms. The molecule has 10 nitrogen and oxygen atoms in total. The molecule has 0 fully saturated rings. The minimum absolute atomic E-state index is 0.0825. The molecule has 2 N–H and O–H groups in total. The normalized spacial score (nSPS) is 11.3. The zero-order chi connectivity index (χ0) is 32.0. The average molecular weight is 603 g/mol. The zero-order valence-electron chi connectivity index (χ0n) is 26.1. The molecule has 1 rings (SSSR count). The van der Waals surface area contributed by atoms with Crippen molar-refractivity contribution in [3.63, 3.8) is 0 Å². The van der Waals surface area contributed by atoms with Crippen LogP contribution >= 0.6 is 0 Å². The van der Waals surface area contributed by atoms with Crippen molar-refractivity contribution in [1.29, 1.82) is 0 Å². The van der Waals surface area contributed by atoms with Crippen LogP contribution in [0, 0.1) is 17.8 Å². The molecule has 0 radical (unpaired) electrons. The van der Waals surface area contributed by atoms with Crippen molar-refractivity contribution in [1.82, 2.24) is 0 Å². The van der Waals surface area contributed by atoms with Gasteiger partial charge in [0.1, 0.15) is 13.2 Å². The van der Waals surface area contributed by atoms with Gasteiger partial charge >= 0.3 is 12.2 Å². The molecule has 0 heterocycles. The van der Waals surface area contributed by atoms with E-state index in [0.717, 1.165) is 5.56 Å². The minimum Gasteiger partial charge on any atom is -0.449 e. The van der Waals surface area contributed by atoms with Gasteiger partial charge in [0.15, 0.2) is 0 Å². The average Bonchev–Trinajstić information content (AvgIpc) is 3.00. The summed E-state index contributed by atoms with van der Waals surface area (Å²) in [6, 6.07) is 5.13. The first kappa shape index (κ1) is 37.6. The lowest BCUT2D eigenvalue weighted by Crippen LogP contribution is -2.38. The fraction of sp³-hybridized carbons (Fsp3) is 0.515. The van der Waals surface area contributed by atoms with Gasteiger partial charge < -0.3 is 28.4 Å². The molecule has 0 aromatic heterocycles. The summed E-state index contributed by atoms with van der Waals surface area (Å²) >= 11 is 0. The van der Waals surface area contributed by atoms with E-state index < -0.39 is 23.0 Å². The van der Waals surface area contributed by atoms with E-state index in [1.54, 1.807) is 42.5 Å². The Balaban J connectivity index is 2.84. The van der Waals surface area contributed by atoms with Crippen molar-refractivity contribution >= 4 is 23.6 Å². The molecule has 1 aromatic rings. The van der Waals surface area contributed by atoms with Gasteiger partial charge in [-0.15, -0.1) is 26.3 Å². The Kier molecular flexibility index (Phi) is 18.6. The van der Waals surface area contributed by atoms with Gasteiger partial charge in [0, 0.05) is 11.4 Å². The number of anilines is 2. The highest BCUT2D eigenvalue weighted by molar-refractivity contribution is 5.89. The third kappa shape index (κ3) is 14.5. The molecule has 0 saturated heterocycles. The van der Waals surface area contributed by atoms with Gasteiger partial charge in [-0.3, -0.25) is 10.6 Å². The Morgan fingerprint density at radius 1 is 0.674 bits per heavy atom. The van der Waals surface area contributed by atoms with Crippen LogP contribution in [0.25, 0.3) is 0 Å². The lowest BCUT2D eigenvalue weighted by Gasteiger charge is -2.31. The van der Waals surface area contributed by atoms with Gasteiger partial charge in [0.2, 0.25) is 0 Å². The van der Waals surface area contributed by atoms with E-state index >= 15 is 0 Å². The van der Waals surface area contributed by atoms with Crippen molar-refractivity contribution in [2.24, 2.45) is 10.8 Å². The van der Waals surface area contributed by atoms with Gasteiger partial charge in [-0.25, -0.2) is 9.59 Å². The first-order chi connectivity index (χ1) is 20.7. The number of amides is 2. The number of ether oxygens (including phenoxy) is 6. The van der Waals surface area contributed by atoms with Gasteiger partial charge in [0.25, 0.3) is 0 Å². The highest BCUT2D eigenvalue weighted by Crippen LogP contribution is 2.27. The maximum absolute atomic E-state index is 12.8. The van der Waals surface area contributed by atoms with E-state index in [2.05, 4.69) is 36.9 Å². The maximum atomic E-state index is 12.8. The molecule has 0 atom stereocenters. The molecule has 0 unspecified atom stereocenters. The molecule has 0 spiro atoms. The Labute approximate surface area is 257 Å². The summed E-state index contributed by atoms with van der Waals surface area (Å²) in [6.45, 7) is 23.5.